The highest BCUT2D eigenvalue weighted by atomic mass is 32.2. The van der Waals surface area contributed by atoms with E-state index < -0.39 is 33.6 Å². The number of phenols is 1. The van der Waals surface area contributed by atoms with E-state index in [4.69, 9.17) is 14.2 Å². The van der Waals surface area contributed by atoms with E-state index in [-0.39, 0.29) is 27.7 Å². The molecule has 11 heteroatoms. The molecule has 0 saturated heterocycles. The Morgan fingerprint density at radius 3 is 2.28 bits per heavy atom. The summed E-state index contributed by atoms with van der Waals surface area (Å²) in [5, 5.41) is 14.5. The number of ether oxygens (including phenoxy) is 3. The molecule has 10 nitrogen and oxygen atoms in total. The predicted octanol–water partition coefficient (Wildman–Crippen LogP) is 1.66. The lowest BCUT2D eigenvalue weighted by molar-refractivity contribution is -0.136. The van der Waals surface area contributed by atoms with Gasteiger partial charge in [0, 0.05) is 11.8 Å². The first-order chi connectivity index (χ1) is 15.2. The van der Waals surface area contributed by atoms with Crippen molar-refractivity contribution in [2.75, 3.05) is 27.1 Å². The van der Waals surface area contributed by atoms with Crippen LogP contribution in [0.4, 0.5) is 4.79 Å². The van der Waals surface area contributed by atoms with Crippen LogP contribution in [0.5, 0.6) is 17.2 Å². The number of benzene rings is 2. The maximum Gasteiger partial charge on any atom is 0.338 e. The van der Waals surface area contributed by atoms with Crippen molar-refractivity contribution < 1.29 is 37.3 Å². The normalized spacial score (nSPS) is 16.1. The van der Waals surface area contributed by atoms with E-state index in [0.29, 0.717) is 11.3 Å². The van der Waals surface area contributed by atoms with Crippen molar-refractivity contribution in [1.29, 1.82) is 0 Å². The average Bonchev–Trinajstić information content (AvgIpc) is 2.77. The monoisotopic (exact) mass is 462 g/mol. The van der Waals surface area contributed by atoms with Gasteiger partial charge in [-0.25, -0.2) is 18.0 Å². The molecule has 1 heterocycles. The Labute approximate surface area is 184 Å². The highest BCUT2D eigenvalue weighted by molar-refractivity contribution is 7.91. The van der Waals surface area contributed by atoms with Crippen LogP contribution >= 0.6 is 0 Å². The lowest BCUT2D eigenvalue weighted by Gasteiger charge is -2.29. The van der Waals surface area contributed by atoms with E-state index in [1.54, 1.807) is 0 Å². The minimum absolute atomic E-state index is 0.00568. The number of carbonyl (C=O) groups excluding carboxylic acids is 2. The Bertz CT molecular complexity index is 1170. The van der Waals surface area contributed by atoms with Crippen molar-refractivity contribution in [3.63, 3.8) is 0 Å². The smallest absolute Gasteiger partial charge is 0.338 e. The summed E-state index contributed by atoms with van der Waals surface area (Å²) in [4.78, 5) is 24.8. The zero-order valence-corrected chi connectivity index (χ0v) is 18.4. The second-order valence-electron chi connectivity index (χ2n) is 6.78. The molecule has 3 N–H and O–H groups in total. The molecule has 0 aliphatic carbocycles. The van der Waals surface area contributed by atoms with E-state index in [9.17, 15) is 23.1 Å². The van der Waals surface area contributed by atoms with E-state index >= 15 is 0 Å². The standard InChI is InChI=1S/C21H22N2O8S/c1-29-16-9-8-14(10-17(16)30-2)32(27,28)11-15-18(20(25)31-3)19(23-21(26)22-15)12-4-6-13(24)7-5-12/h4-10,19,24H,11H2,1-3H3,(H2,22,23,26)/t19-/m0/s1. The Morgan fingerprint density at radius 1 is 1.03 bits per heavy atom. The van der Waals surface area contributed by atoms with Gasteiger partial charge in [0.15, 0.2) is 21.3 Å². The van der Waals surface area contributed by atoms with Crippen LogP contribution in [-0.4, -0.2) is 52.6 Å². The quantitative estimate of drug-likeness (QED) is 0.528. The minimum Gasteiger partial charge on any atom is -0.508 e. The number of carbonyl (C=O) groups is 2. The molecule has 0 saturated carbocycles. The molecule has 1 atom stereocenters. The van der Waals surface area contributed by atoms with Gasteiger partial charge in [0.05, 0.1) is 43.6 Å². The number of esters is 1. The molecule has 1 aliphatic heterocycles. The number of sulfone groups is 1. The molecule has 1 aliphatic rings. The van der Waals surface area contributed by atoms with Crippen molar-refractivity contribution in [3.8, 4) is 17.2 Å². The van der Waals surface area contributed by atoms with Crippen LogP contribution in [0.3, 0.4) is 0 Å². The van der Waals surface area contributed by atoms with Gasteiger partial charge >= 0.3 is 12.0 Å². The number of urea groups is 1. The molecule has 0 unspecified atom stereocenters. The summed E-state index contributed by atoms with van der Waals surface area (Å²) in [6.45, 7) is 0. The highest BCUT2D eigenvalue weighted by Gasteiger charge is 2.35. The second kappa shape index (κ2) is 9.18. The first-order valence-electron chi connectivity index (χ1n) is 9.32. The van der Waals surface area contributed by atoms with E-state index in [1.165, 1.54) is 56.7 Å². The molecule has 0 aromatic heterocycles. The summed E-state index contributed by atoms with van der Waals surface area (Å²) in [5.74, 6) is -0.924. The number of phenolic OH excluding ortho intramolecular Hbond substituents is 1. The van der Waals surface area contributed by atoms with Gasteiger partial charge in [-0.2, -0.15) is 0 Å². The van der Waals surface area contributed by atoms with Crippen molar-refractivity contribution in [1.82, 2.24) is 10.6 Å². The van der Waals surface area contributed by atoms with Crippen molar-refractivity contribution in [2.45, 2.75) is 10.9 Å². The summed E-state index contributed by atoms with van der Waals surface area (Å²) >= 11 is 0. The fraction of sp³-hybridized carbons (Fsp3) is 0.238. The minimum atomic E-state index is -4.01. The van der Waals surface area contributed by atoms with Crippen molar-refractivity contribution in [2.24, 2.45) is 0 Å². The summed E-state index contributed by atoms with van der Waals surface area (Å²) in [6.07, 6.45) is 0. The number of aromatic hydroxyl groups is 1. The summed E-state index contributed by atoms with van der Waals surface area (Å²) in [5.41, 5.74) is 0.273. The maximum atomic E-state index is 13.1. The van der Waals surface area contributed by atoms with Gasteiger partial charge in [0.1, 0.15) is 5.75 Å². The molecule has 0 radical (unpaired) electrons. The Hall–Kier alpha value is -3.73. The van der Waals surface area contributed by atoms with E-state index in [2.05, 4.69) is 10.6 Å². The molecule has 3 rings (SSSR count). The topological polar surface area (TPSA) is 140 Å². The first kappa shape index (κ1) is 22.9. The van der Waals surface area contributed by atoms with Crippen molar-refractivity contribution >= 4 is 21.8 Å². The van der Waals surface area contributed by atoms with Crippen LogP contribution < -0.4 is 20.1 Å². The third-order valence-corrected chi connectivity index (χ3v) is 6.47. The van der Waals surface area contributed by atoms with Gasteiger partial charge in [0.25, 0.3) is 0 Å². The third kappa shape index (κ3) is 4.62. The van der Waals surface area contributed by atoms with Gasteiger partial charge < -0.3 is 30.0 Å². The number of hydrogen-bond donors (Lipinski definition) is 3. The molecule has 2 amide bonds. The number of amides is 2. The summed E-state index contributed by atoms with van der Waals surface area (Å²) < 4.78 is 41.4. The molecule has 32 heavy (non-hydrogen) atoms. The molecule has 2 aromatic rings. The van der Waals surface area contributed by atoms with Gasteiger partial charge in [-0.05, 0) is 29.8 Å². The van der Waals surface area contributed by atoms with Gasteiger partial charge in [-0.1, -0.05) is 12.1 Å². The van der Waals surface area contributed by atoms with Crippen LogP contribution in [0, 0.1) is 0 Å². The molecule has 2 aromatic carbocycles. The molecular formula is C21H22N2O8S. The maximum absolute atomic E-state index is 13.1. The van der Waals surface area contributed by atoms with Gasteiger partial charge in [-0.3, -0.25) is 0 Å². The fourth-order valence-corrected chi connectivity index (χ4v) is 4.62. The van der Waals surface area contributed by atoms with Gasteiger partial charge in [-0.15, -0.1) is 0 Å². The third-order valence-electron chi connectivity index (χ3n) is 4.83. The Kier molecular flexibility index (Phi) is 6.58. The number of hydrogen-bond acceptors (Lipinski definition) is 8. The summed E-state index contributed by atoms with van der Waals surface area (Å²) in [7, 11) is -0.0582. The fourth-order valence-electron chi connectivity index (χ4n) is 3.28. The molecular weight excluding hydrogens is 440 g/mol. The largest absolute Gasteiger partial charge is 0.508 e. The number of nitrogens with one attached hydrogen (secondary N) is 2. The number of rotatable bonds is 7. The zero-order valence-electron chi connectivity index (χ0n) is 17.5. The molecule has 0 bridgehead atoms. The van der Waals surface area contributed by atoms with E-state index in [1.807, 2.05) is 0 Å². The molecule has 170 valence electrons. The van der Waals surface area contributed by atoms with Crippen LogP contribution in [0.25, 0.3) is 0 Å². The van der Waals surface area contributed by atoms with Gasteiger partial charge in [0.2, 0.25) is 0 Å². The Morgan fingerprint density at radius 2 is 1.69 bits per heavy atom. The van der Waals surface area contributed by atoms with Crippen LogP contribution in [0.1, 0.15) is 11.6 Å². The zero-order chi connectivity index (χ0) is 23.5. The highest BCUT2D eigenvalue weighted by Crippen LogP contribution is 2.32. The summed E-state index contributed by atoms with van der Waals surface area (Å²) in [6, 6.07) is 8.21. The predicted molar refractivity (Wildman–Crippen MR) is 113 cm³/mol. The van der Waals surface area contributed by atoms with Crippen LogP contribution in [0.15, 0.2) is 58.6 Å². The molecule has 0 spiro atoms. The molecule has 0 fully saturated rings. The van der Waals surface area contributed by atoms with E-state index in [0.717, 1.165) is 7.11 Å². The lowest BCUT2D eigenvalue weighted by Crippen LogP contribution is -2.47. The van der Waals surface area contributed by atoms with Crippen molar-refractivity contribution in [3.05, 3.63) is 59.3 Å². The van der Waals surface area contributed by atoms with Crippen LogP contribution in [-0.2, 0) is 19.4 Å². The van der Waals surface area contributed by atoms with Crippen LogP contribution in [0.2, 0.25) is 0 Å². The first-order valence-corrected chi connectivity index (χ1v) is 11.0. The Balaban J connectivity index is 2.08. The average molecular weight is 462 g/mol. The lowest BCUT2D eigenvalue weighted by atomic mass is 9.95. The SMILES string of the molecule is COC(=O)C1=C(CS(=O)(=O)c2ccc(OC)c(OC)c2)NC(=O)N[C@H]1c1ccc(O)cc1. The number of methoxy groups -OCH3 is 3. The second-order valence-corrected chi connectivity index (χ2v) is 8.77.